The molecule has 4 rings (SSSR count). The Balaban J connectivity index is 1.17. The van der Waals surface area contributed by atoms with E-state index in [1.807, 2.05) is 24.3 Å². The van der Waals surface area contributed by atoms with Gasteiger partial charge < -0.3 is 19.5 Å². The van der Waals surface area contributed by atoms with Crippen molar-refractivity contribution in [2.24, 2.45) is 0 Å². The lowest BCUT2D eigenvalue weighted by Crippen LogP contribution is -2.44. The van der Waals surface area contributed by atoms with Gasteiger partial charge in [0.2, 0.25) is 17.6 Å². The van der Waals surface area contributed by atoms with E-state index in [0.29, 0.717) is 36.0 Å². The number of rotatable bonds is 8. The third kappa shape index (κ3) is 5.79. The molecule has 2 heterocycles. The van der Waals surface area contributed by atoms with Crippen molar-refractivity contribution in [2.75, 3.05) is 25.1 Å². The van der Waals surface area contributed by atoms with Crippen LogP contribution in [0.25, 0.3) is 11.4 Å². The molecule has 3 aromatic rings. The number of benzene rings is 2. The molecule has 168 valence electrons. The van der Waals surface area contributed by atoms with Crippen molar-refractivity contribution in [1.82, 2.24) is 15.5 Å². The van der Waals surface area contributed by atoms with Crippen molar-refractivity contribution in [3.8, 4) is 17.1 Å². The molecule has 1 N–H and O–H groups in total. The molecular weight excluding hydrogens is 428 g/mol. The second kappa shape index (κ2) is 10.5. The van der Waals surface area contributed by atoms with E-state index < -0.39 is 0 Å². The summed E-state index contributed by atoms with van der Waals surface area (Å²) in [5.41, 5.74) is 2.04. The molecule has 0 bridgehead atoms. The smallest absolute Gasteiger partial charge is 0.226 e. The van der Waals surface area contributed by atoms with E-state index in [4.69, 9.17) is 20.9 Å². The second-order valence-electron chi connectivity index (χ2n) is 7.90. The number of methoxy groups -OCH3 is 1. The minimum absolute atomic E-state index is 0.0744. The zero-order chi connectivity index (χ0) is 22.3. The van der Waals surface area contributed by atoms with Gasteiger partial charge in [0, 0.05) is 48.2 Å². The van der Waals surface area contributed by atoms with Gasteiger partial charge >= 0.3 is 0 Å². The molecule has 0 atom stereocenters. The van der Waals surface area contributed by atoms with Crippen LogP contribution in [-0.4, -0.2) is 42.3 Å². The normalized spacial score (nSPS) is 14.4. The molecule has 2 aromatic carbocycles. The standard InChI is InChI=1S/C24H27ClN4O3/c1-31-21-11-9-20(10-12-21)29-15-13-19(14-16-29)26-22(30)3-2-4-23-27-24(28-32-23)17-5-7-18(25)8-6-17/h5-12,19H,2-4,13-16H2,1H3,(H,26,30). The first-order valence-electron chi connectivity index (χ1n) is 10.9. The number of carbonyl (C=O) groups excluding carboxylic acids is 1. The molecule has 1 fully saturated rings. The summed E-state index contributed by atoms with van der Waals surface area (Å²) in [6.45, 7) is 1.85. The average Bonchev–Trinajstić information content (AvgIpc) is 3.29. The fraction of sp³-hybridized carbons (Fsp3) is 0.375. The molecule has 1 aromatic heterocycles. The molecule has 32 heavy (non-hydrogen) atoms. The Morgan fingerprint density at radius 3 is 2.56 bits per heavy atom. The maximum Gasteiger partial charge on any atom is 0.226 e. The summed E-state index contributed by atoms with van der Waals surface area (Å²) in [5.74, 6) is 2.00. The van der Waals surface area contributed by atoms with Crippen molar-refractivity contribution in [2.45, 2.75) is 38.1 Å². The zero-order valence-corrected chi connectivity index (χ0v) is 18.8. The number of aromatic nitrogens is 2. The van der Waals surface area contributed by atoms with Crippen LogP contribution in [0.1, 0.15) is 31.6 Å². The fourth-order valence-electron chi connectivity index (χ4n) is 3.85. The Bertz CT molecular complexity index is 1010. The van der Waals surface area contributed by atoms with E-state index in [2.05, 4.69) is 32.5 Å². The number of anilines is 1. The molecule has 1 amide bonds. The molecule has 1 aliphatic heterocycles. The Morgan fingerprint density at radius 2 is 1.88 bits per heavy atom. The first-order chi connectivity index (χ1) is 15.6. The van der Waals surface area contributed by atoms with Gasteiger partial charge in [-0.15, -0.1) is 0 Å². The van der Waals surface area contributed by atoms with Gasteiger partial charge in [-0.2, -0.15) is 4.98 Å². The van der Waals surface area contributed by atoms with Crippen molar-refractivity contribution >= 4 is 23.2 Å². The van der Waals surface area contributed by atoms with E-state index in [1.54, 1.807) is 19.2 Å². The predicted octanol–water partition coefficient (Wildman–Crippen LogP) is 4.51. The summed E-state index contributed by atoms with van der Waals surface area (Å²) < 4.78 is 10.5. The number of nitrogens with one attached hydrogen (secondary N) is 1. The maximum atomic E-state index is 12.4. The van der Waals surface area contributed by atoms with E-state index >= 15 is 0 Å². The number of aryl methyl sites for hydroxylation is 1. The van der Waals surface area contributed by atoms with Gasteiger partial charge in [0.25, 0.3) is 0 Å². The van der Waals surface area contributed by atoms with Crippen molar-refractivity contribution < 1.29 is 14.1 Å². The predicted molar refractivity (Wildman–Crippen MR) is 124 cm³/mol. The second-order valence-corrected chi connectivity index (χ2v) is 8.34. The van der Waals surface area contributed by atoms with Crippen LogP contribution in [0.5, 0.6) is 5.75 Å². The quantitative estimate of drug-likeness (QED) is 0.539. The van der Waals surface area contributed by atoms with Crippen molar-refractivity contribution in [3.63, 3.8) is 0 Å². The third-order valence-electron chi connectivity index (χ3n) is 5.66. The van der Waals surface area contributed by atoms with E-state index in [-0.39, 0.29) is 11.9 Å². The molecular formula is C24H27ClN4O3. The molecule has 0 aliphatic carbocycles. The van der Waals surface area contributed by atoms with Gasteiger partial charge in [-0.25, -0.2) is 0 Å². The monoisotopic (exact) mass is 454 g/mol. The van der Waals surface area contributed by atoms with Crippen LogP contribution in [0, 0.1) is 0 Å². The summed E-state index contributed by atoms with van der Waals surface area (Å²) in [6, 6.07) is 15.6. The lowest BCUT2D eigenvalue weighted by atomic mass is 10.0. The largest absolute Gasteiger partial charge is 0.497 e. The summed E-state index contributed by atoms with van der Waals surface area (Å²) in [7, 11) is 1.67. The summed E-state index contributed by atoms with van der Waals surface area (Å²) in [6.07, 6.45) is 3.55. The van der Waals surface area contributed by atoms with Crippen LogP contribution >= 0.6 is 11.6 Å². The Hall–Kier alpha value is -3.06. The highest BCUT2D eigenvalue weighted by Gasteiger charge is 2.21. The highest BCUT2D eigenvalue weighted by molar-refractivity contribution is 6.30. The molecule has 0 unspecified atom stereocenters. The molecule has 0 radical (unpaired) electrons. The van der Waals surface area contributed by atoms with Crippen LogP contribution in [-0.2, 0) is 11.2 Å². The zero-order valence-electron chi connectivity index (χ0n) is 18.1. The highest BCUT2D eigenvalue weighted by Crippen LogP contribution is 2.23. The number of halogens is 1. The number of hydrogen-bond acceptors (Lipinski definition) is 6. The van der Waals surface area contributed by atoms with Crippen LogP contribution in [0.4, 0.5) is 5.69 Å². The molecule has 8 heteroatoms. The SMILES string of the molecule is COc1ccc(N2CCC(NC(=O)CCCc3nc(-c4ccc(Cl)cc4)no3)CC2)cc1. The van der Waals surface area contributed by atoms with Gasteiger partial charge in [0.15, 0.2) is 0 Å². The van der Waals surface area contributed by atoms with E-state index in [0.717, 1.165) is 37.2 Å². The average molecular weight is 455 g/mol. The Labute approximate surface area is 192 Å². The fourth-order valence-corrected chi connectivity index (χ4v) is 3.97. The van der Waals surface area contributed by atoms with Crippen LogP contribution in [0.2, 0.25) is 5.02 Å². The first kappa shape index (κ1) is 22.1. The Morgan fingerprint density at radius 1 is 1.16 bits per heavy atom. The summed E-state index contributed by atoms with van der Waals surface area (Å²) in [4.78, 5) is 19.1. The summed E-state index contributed by atoms with van der Waals surface area (Å²) in [5, 5.41) is 7.84. The topological polar surface area (TPSA) is 80.5 Å². The molecule has 1 saturated heterocycles. The minimum Gasteiger partial charge on any atom is -0.497 e. The van der Waals surface area contributed by atoms with Crippen LogP contribution in [0.3, 0.4) is 0 Å². The minimum atomic E-state index is 0.0744. The Kier molecular flexibility index (Phi) is 7.27. The molecule has 0 saturated carbocycles. The lowest BCUT2D eigenvalue weighted by molar-refractivity contribution is -0.122. The maximum absolute atomic E-state index is 12.4. The summed E-state index contributed by atoms with van der Waals surface area (Å²) >= 11 is 5.91. The number of amides is 1. The number of ether oxygens (including phenoxy) is 1. The van der Waals surface area contributed by atoms with Crippen LogP contribution in [0.15, 0.2) is 53.1 Å². The van der Waals surface area contributed by atoms with Crippen LogP contribution < -0.4 is 15.0 Å². The van der Waals surface area contributed by atoms with Crippen molar-refractivity contribution in [1.29, 1.82) is 0 Å². The molecule has 1 aliphatic rings. The van der Waals surface area contributed by atoms with E-state index in [1.165, 1.54) is 5.69 Å². The number of piperidine rings is 1. The van der Waals surface area contributed by atoms with E-state index in [9.17, 15) is 4.79 Å². The van der Waals surface area contributed by atoms with Gasteiger partial charge in [-0.05, 0) is 67.8 Å². The number of carbonyl (C=O) groups is 1. The number of hydrogen-bond donors (Lipinski definition) is 1. The molecule has 7 nitrogen and oxygen atoms in total. The lowest BCUT2D eigenvalue weighted by Gasteiger charge is -2.34. The number of nitrogens with zero attached hydrogens (tertiary/aromatic N) is 3. The van der Waals surface area contributed by atoms with Gasteiger partial charge in [0.05, 0.1) is 7.11 Å². The van der Waals surface area contributed by atoms with Gasteiger partial charge in [-0.3, -0.25) is 4.79 Å². The first-order valence-corrected chi connectivity index (χ1v) is 11.3. The third-order valence-corrected chi connectivity index (χ3v) is 5.91. The van der Waals surface area contributed by atoms with Crippen molar-refractivity contribution in [3.05, 3.63) is 59.4 Å². The highest BCUT2D eigenvalue weighted by atomic mass is 35.5. The van der Waals surface area contributed by atoms with Gasteiger partial charge in [-0.1, -0.05) is 16.8 Å². The van der Waals surface area contributed by atoms with Gasteiger partial charge in [0.1, 0.15) is 5.75 Å². The molecule has 0 spiro atoms.